The molecule has 2 atom stereocenters. The lowest BCUT2D eigenvalue weighted by Gasteiger charge is -2.37. The third-order valence-electron chi connectivity index (χ3n) is 3.62. The van der Waals surface area contributed by atoms with Gasteiger partial charge in [0.05, 0.1) is 18.8 Å². The number of nitrogens with zero attached hydrogens (tertiary/aromatic N) is 3. The largest absolute Gasteiger partial charge is 0.375 e. The van der Waals surface area contributed by atoms with Crippen LogP contribution in [0.4, 0.5) is 5.82 Å². The Labute approximate surface area is 129 Å². The van der Waals surface area contributed by atoms with E-state index in [1.807, 2.05) is 36.4 Å². The van der Waals surface area contributed by atoms with Crippen LogP contribution in [0.25, 0.3) is 11.4 Å². The Morgan fingerprint density at radius 1 is 1.19 bits per heavy atom. The molecule has 0 bridgehead atoms. The summed E-state index contributed by atoms with van der Waals surface area (Å²) in [6.45, 7) is 5.70. The fourth-order valence-corrected chi connectivity index (χ4v) is 2.67. The van der Waals surface area contributed by atoms with Gasteiger partial charge in [0.25, 0.3) is 0 Å². The molecule has 2 aromatic rings. The minimum atomic E-state index is 0.190. The SMILES string of the molecule is CC1CN(c2cc(Cl)nc(-c3ccccc3)n2)C(C)CO1. The second-order valence-corrected chi connectivity index (χ2v) is 5.77. The van der Waals surface area contributed by atoms with Crippen molar-refractivity contribution >= 4 is 17.4 Å². The van der Waals surface area contributed by atoms with E-state index in [2.05, 4.69) is 28.7 Å². The number of halogens is 1. The van der Waals surface area contributed by atoms with Gasteiger partial charge < -0.3 is 9.64 Å². The van der Waals surface area contributed by atoms with Crippen molar-refractivity contribution < 1.29 is 4.74 Å². The summed E-state index contributed by atoms with van der Waals surface area (Å²) in [4.78, 5) is 11.3. The maximum atomic E-state index is 6.19. The maximum Gasteiger partial charge on any atom is 0.163 e. The van der Waals surface area contributed by atoms with E-state index in [-0.39, 0.29) is 12.1 Å². The first kappa shape index (κ1) is 14.3. The van der Waals surface area contributed by atoms with Crippen LogP contribution in [0, 0.1) is 0 Å². The molecule has 21 heavy (non-hydrogen) atoms. The number of ether oxygens (including phenoxy) is 1. The van der Waals surface area contributed by atoms with Crippen molar-refractivity contribution in [1.29, 1.82) is 0 Å². The first-order valence-corrected chi connectivity index (χ1v) is 7.49. The molecule has 0 spiro atoms. The van der Waals surface area contributed by atoms with E-state index < -0.39 is 0 Å². The van der Waals surface area contributed by atoms with Crippen molar-refractivity contribution in [2.45, 2.75) is 26.0 Å². The zero-order valence-electron chi connectivity index (χ0n) is 12.2. The van der Waals surface area contributed by atoms with Crippen molar-refractivity contribution in [2.24, 2.45) is 0 Å². The van der Waals surface area contributed by atoms with E-state index in [4.69, 9.17) is 16.3 Å². The van der Waals surface area contributed by atoms with Gasteiger partial charge in [-0.3, -0.25) is 0 Å². The number of hydrogen-bond acceptors (Lipinski definition) is 4. The smallest absolute Gasteiger partial charge is 0.163 e. The minimum absolute atomic E-state index is 0.190. The van der Waals surface area contributed by atoms with Gasteiger partial charge >= 0.3 is 0 Å². The summed E-state index contributed by atoms with van der Waals surface area (Å²) in [5, 5.41) is 0.463. The van der Waals surface area contributed by atoms with Crippen molar-refractivity contribution in [3.8, 4) is 11.4 Å². The van der Waals surface area contributed by atoms with E-state index in [1.165, 1.54) is 0 Å². The van der Waals surface area contributed by atoms with Crippen LogP contribution in [-0.2, 0) is 4.74 Å². The summed E-state index contributed by atoms with van der Waals surface area (Å²) in [6, 6.07) is 12.0. The Bertz CT molecular complexity index is 620. The highest BCUT2D eigenvalue weighted by Crippen LogP contribution is 2.25. The van der Waals surface area contributed by atoms with Crippen LogP contribution in [0.3, 0.4) is 0 Å². The summed E-state index contributed by atoms with van der Waals surface area (Å²) in [7, 11) is 0. The molecule has 1 saturated heterocycles. The lowest BCUT2D eigenvalue weighted by Crippen LogP contribution is -2.47. The fraction of sp³-hybridized carbons (Fsp3) is 0.375. The number of morpholine rings is 1. The molecule has 4 nitrogen and oxygen atoms in total. The Kier molecular flexibility index (Phi) is 4.08. The molecular weight excluding hydrogens is 286 g/mol. The summed E-state index contributed by atoms with van der Waals surface area (Å²) in [6.07, 6.45) is 0.190. The van der Waals surface area contributed by atoms with Crippen molar-refractivity contribution in [3.63, 3.8) is 0 Å². The molecule has 5 heteroatoms. The van der Waals surface area contributed by atoms with E-state index in [1.54, 1.807) is 0 Å². The van der Waals surface area contributed by atoms with Gasteiger partial charge in [-0.25, -0.2) is 9.97 Å². The summed E-state index contributed by atoms with van der Waals surface area (Å²) in [5.74, 6) is 1.51. The zero-order valence-corrected chi connectivity index (χ0v) is 12.9. The van der Waals surface area contributed by atoms with Crippen molar-refractivity contribution in [3.05, 3.63) is 41.6 Å². The van der Waals surface area contributed by atoms with Crippen LogP contribution in [0.15, 0.2) is 36.4 Å². The highest BCUT2D eigenvalue weighted by atomic mass is 35.5. The molecule has 0 saturated carbocycles. The van der Waals surface area contributed by atoms with E-state index in [0.29, 0.717) is 17.6 Å². The molecule has 1 aromatic heterocycles. The molecule has 3 rings (SSSR count). The summed E-state index contributed by atoms with van der Waals surface area (Å²) < 4.78 is 5.67. The van der Waals surface area contributed by atoms with Crippen LogP contribution in [0.2, 0.25) is 5.15 Å². The zero-order chi connectivity index (χ0) is 14.8. The van der Waals surface area contributed by atoms with Gasteiger partial charge in [0, 0.05) is 18.2 Å². The lowest BCUT2D eigenvalue weighted by atomic mass is 10.2. The summed E-state index contributed by atoms with van der Waals surface area (Å²) >= 11 is 6.19. The number of aromatic nitrogens is 2. The molecule has 0 N–H and O–H groups in total. The van der Waals surface area contributed by atoms with E-state index in [0.717, 1.165) is 17.9 Å². The molecule has 0 aliphatic carbocycles. The molecule has 2 heterocycles. The van der Waals surface area contributed by atoms with Crippen LogP contribution >= 0.6 is 11.6 Å². The average molecular weight is 304 g/mol. The first-order chi connectivity index (χ1) is 10.1. The van der Waals surface area contributed by atoms with Gasteiger partial charge in [0.15, 0.2) is 5.82 Å². The predicted molar refractivity (Wildman–Crippen MR) is 84.7 cm³/mol. The third kappa shape index (κ3) is 3.17. The topological polar surface area (TPSA) is 38.2 Å². The highest BCUT2D eigenvalue weighted by Gasteiger charge is 2.25. The Morgan fingerprint density at radius 2 is 1.95 bits per heavy atom. The molecule has 0 radical (unpaired) electrons. The summed E-state index contributed by atoms with van der Waals surface area (Å²) in [5.41, 5.74) is 0.968. The molecule has 0 amide bonds. The van der Waals surface area contributed by atoms with Crippen LogP contribution < -0.4 is 4.90 Å². The average Bonchev–Trinajstić information content (AvgIpc) is 2.50. The quantitative estimate of drug-likeness (QED) is 0.797. The molecular formula is C16H18ClN3O. The van der Waals surface area contributed by atoms with E-state index >= 15 is 0 Å². The standard InChI is InChI=1S/C16H18ClN3O/c1-11-10-21-12(2)9-20(11)15-8-14(17)18-16(19-15)13-6-4-3-5-7-13/h3-8,11-12H,9-10H2,1-2H3. The molecule has 1 fully saturated rings. The van der Waals surface area contributed by atoms with Gasteiger partial charge in [-0.1, -0.05) is 41.9 Å². The Morgan fingerprint density at radius 3 is 2.71 bits per heavy atom. The number of anilines is 1. The van der Waals surface area contributed by atoms with Crippen molar-refractivity contribution in [2.75, 3.05) is 18.1 Å². The normalized spacial score (nSPS) is 22.3. The fourth-order valence-electron chi connectivity index (χ4n) is 2.49. The van der Waals surface area contributed by atoms with Gasteiger partial charge in [-0.05, 0) is 13.8 Å². The number of hydrogen-bond donors (Lipinski definition) is 0. The van der Waals surface area contributed by atoms with Gasteiger partial charge in [-0.15, -0.1) is 0 Å². The molecule has 1 aliphatic heterocycles. The minimum Gasteiger partial charge on any atom is -0.375 e. The lowest BCUT2D eigenvalue weighted by molar-refractivity contribution is 0.0340. The number of benzene rings is 1. The van der Waals surface area contributed by atoms with Crippen LogP contribution in [0.1, 0.15) is 13.8 Å². The Balaban J connectivity index is 1.98. The predicted octanol–water partition coefficient (Wildman–Crippen LogP) is 3.41. The molecule has 110 valence electrons. The molecule has 1 aliphatic rings. The van der Waals surface area contributed by atoms with Crippen LogP contribution in [0.5, 0.6) is 0 Å². The van der Waals surface area contributed by atoms with Crippen molar-refractivity contribution in [1.82, 2.24) is 9.97 Å². The Hall–Kier alpha value is -1.65. The van der Waals surface area contributed by atoms with Gasteiger partial charge in [0.1, 0.15) is 11.0 Å². The maximum absolute atomic E-state index is 6.19. The second-order valence-electron chi connectivity index (χ2n) is 5.38. The molecule has 2 unspecified atom stereocenters. The highest BCUT2D eigenvalue weighted by molar-refractivity contribution is 6.29. The second kappa shape index (κ2) is 6.00. The first-order valence-electron chi connectivity index (χ1n) is 7.12. The van der Waals surface area contributed by atoms with Gasteiger partial charge in [0.2, 0.25) is 0 Å². The third-order valence-corrected chi connectivity index (χ3v) is 3.81. The monoisotopic (exact) mass is 303 g/mol. The van der Waals surface area contributed by atoms with Crippen LogP contribution in [-0.4, -0.2) is 35.3 Å². The van der Waals surface area contributed by atoms with E-state index in [9.17, 15) is 0 Å². The molecule has 1 aromatic carbocycles. The van der Waals surface area contributed by atoms with Gasteiger partial charge in [-0.2, -0.15) is 0 Å². The number of rotatable bonds is 2.